The quantitative estimate of drug-likeness (QED) is 0.597. The van der Waals surface area contributed by atoms with E-state index in [0.717, 1.165) is 24.2 Å². The Morgan fingerprint density at radius 2 is 1.91 bits per heavy atom. The van der Waals surface area contributed by atoms with E-state index in [1.54, 1.807) is 18.3 Å². The lowest BCUT2D eigenvalue weighted by Gasteiger charge is -2.55. The molecule has 0 unspecified atom stereocenters. The van der Waals surface area contributed by atoms with E-state index in [9.17, 15) is 5.11 Å². The van der Waals surface area contributed by atoms with Crippen molar-refractivity contribution in [3.8, 4) is 33.8 Å². The predicted molar refractivity (Wildman–Crippen MR) is 128 cm³/mol. The Morgan fingerprint density at radius 3 is 2.52 bits per heavy atom. The van der Waals surface area contributed by atoms with Gasteiger partial charge in [0.15, 0.2) is 11.6 Å². The van der Waals surface area contributed by atoms with E-state index in [-0.39, 0.29) is 16.8 Å². The van der Waals surface area contributed by atoms with Crippen LogP contribution in [0.3, 0.4) is 0 Å². The predicted octanol–water partition coefficient (Wildman–Crippen LogP) is 4.13. The van der Waals surface area contributed by atoms with Gasteiger partial charge < -0.3 is 15.3 Å². The molecule has 2 fully saturated rings. The Labute approximate surface area is 197 Å². The summed E-state index contributed by atoms with van der Waals surface area (Å²) in [6.07, 6.45) is 9.07. The Kier molecular flexibility index (Phi) is 5.30. The van der Waals surface area contributed by atoms with Crippen molar-refractivity contribution in [2.45, 2.75) is 63.1 Å². The number of aromatic hydroxyl groups is 1. The maximum absolute atomic E-state index is 10.6. The van der Waals surface area contributed by atoms with E-state index in [0.29, 0.717) is 27.3 Å². The van der Waals surface area contributed by atoms with Crippen LogP contribution in [0.1, 0.15) is 50.8 Å². The third-order valence-electron chi connectivity index (χ3n) is 6.99. The van der Waals surface area contributed by atoms with Gasteiger partial charge in [-0.2, -0.15) is 5.26 Å². The fourth-order valence-corrected chi connectivity index (χ4v) is 6.18. The molecular weight excluding hydrogens is 434 g/mol. The first-order valence-electron chi connectivity index (χ1n) is 11.2. The van der Waals surface area contributed by atoms with Crippen LogP contribution in [0, 0.1) is 11.3 Å². The fourth-order valence-electron chi connectivity index (χ4n) is 5.47. The Balaban J connectivity index is 1.35. The molecular formula is C24H27N7OS. The highest BCUT2D eigenvalue weighted by molar-refractivity contribution is 7.15. The lowest BCUT2D eigenvalue weighted by atomic mass is 9.69. The molecule has 2 N–H and O–H groups in total. The van der Waals surface area contributed by atoms with E-state index in [2.05, 4.69) is 57.3 Å². The number of piperidine rings is 2. The monoisotopic (exact) mass is 461 g/mol. The fraction of sp³-hybridized carbons (Fsp3) is 0.458. The number of nitriles is 1. The lowest BCUT2D eigenvalue weighted by molar-refractivity contribution is 0.0784. The maximum atomic E-state index is 10.6. The number of fused-ring (bicyclic) bond motifs is 2. The molecule has 2 saturated heterocycles. The molecule has 3 aromatic rings. The van der Waals surface area contributed by atoms with Crippen LogP contribution >= 0.6 is 11.3 Å². The maximum Gasteiger partial charge on any atom is 0.185 e. The number of rotatable bonds is 4. The number of thiazole rings is 1. The van der Waals surface area contributed by atoms with Crippen LogP contribution in [0.2, 0.25) is 0 Å². The largest absolute Gasteiger partial charge is 0.507 e. The van der Waals surface area contributed by atoms with Crippen LogP contribution in [0.4, 0.5) is 5.82 Å². The number of aromatic nitrogens is 4. The molecule has 3 atom stereocenters. The zero-order valence-corrected chi connectivity index (χ0v) is 19.9. The second-order valence-electron chi connectivity index (χ2n) is 9.79. The standard InChI is InChI=1S/C24H27N7OS/c1-23-7-4-8-24(2,30-23)11-16(10-23)31(3)20-14-26-21(29-28-20)18-6-5-15(9-19(18)32)22-27-13-17(12-25)33-22/h5-6,9,13-14,16,30,32H,4,7-8,10-11H2,1-3H3/t16-,23-,24+. The first kappa shape index (κ1) is 21.7. The van der Waals surface area contributed by atoms with Crippen LogP contribution in [0.5, 0.6) is 5.75 Å². The summed E-state index contributed by atoms with van der Waals surface area (Å²) in [6.45, 7) is 4.66. The second-order valence-corrected chi connectivity index (χ2v) is 10.8. The van der Waals surface area contributed by atoms with Crippen LogP contribution in [0.15, 0.2) is 30.6 Å². The van der Waals surface area contributed by atoms with Gasteiger partial charge in [-0.05, 0) is 58.1 Å². The number of anilines is 1. The Morgan fingerprint density at radius 1 is 1.15 bits per heavy atom. The molecule has 0 saturated carbocycles. The zero-order valence-electron chi connectivity index (χ0n) is 19.0. The van der Waals surface area contributed by atoms with Crippen molar-refractivity contribution < 1.29 is 5.11 Å². The van der Waals surface area contributed by atoms with Crippen molar-refractivity contribution >= 4 is 17.2 Å². The summed E-state index contributed by atoms with van der Waals surface area (Å²) in [5.74, 6) is 1.16. The Hall–Kier alpha value is -3.09. The van der Waals surface area contributed by atoms with E-state index < -0.39 is 0 Å². The summed E-state index contributed by atoms with van der Waals surface area (Å²) in [5.41, 5.74) is 1.56. The van der Waals surface area contributed by atoms with Gasteiger partial charge >= 0.3 is 0 Å². The molecule has 9 heteroatoms. The van der Waals surface area contributed by atoms with E-state index >= 15 is 0 Å². The van der Waals surface area contributed by atoms with Gasteiger partial charge in [-0.3, -0.25) is 0 Å². The van der Waals surface area contributed by atoms with Gasteiger partial charge in [-0.15, -0.1) is 21.5 Å². The van der Waals surface area contributed by atoms with E-state index in [4.69, 9.17) is 5.26 Å². The number of hydrogen-bond acceptors (Lipinski definition) is 9. The molecule has 0 spiro atoms. The minimum atomic E-state index is 0.0520. The molecule has 170 valence electrons. The minimum Gasteiger partial charge on any atom is -0.507 e. The Bertz CT molecular complexity index is 1200. The molecule has 2 aliphatic heterocycles. The third kappa shape index (κ3) is 4.16. The van der Waals surface area contributed by atoms with E-state index in [1.165, 1.54) is 36.8 Å². The minimum absolute atomic E-state index is 0.0520. The summed E-state index contributed by atoms with van der Waals surface area (Å²) in [5, 5.41) is 32.9. The average molecular weight is 462 g/mol. The van der Waals surface area contributed by atoms with Gasteiger partial charge in [0.25, 0.3) is 0 Å². The van der Waals surface area contributed by atoms with Gasteiger partial charge in [0.2, 0.25) is 0 Å². The number of nitrogens with one attached hydrogen (secondary N) is 1. The summed E-state index contributed by atoms with van der Waals surface area (Å²) < 4.78 is 0. The van der Waals surface area contributed by atoms with Crippen LogP contribution < -0.4 is 10.2 Å². The highest BCUT2D eigenvalue weighted by atomic mass is 32.1. The normalized spacial score (nSPS) is 26.5. The van der Waals surface area contributed by atoms with E-state index in [1.807, 2.05) is 6.07 Å². The van der Waals surface area contributed by atoms with Crippen LogP contribution in [0.25, 0.3) is 22.0 Å². The number of phenols is 1. The molecule has 0 aliphatic carbocycles. The number of phenolic OH excluding ortho intramolecular Hbond substituents is 1. The van der Waals surface area contributed by atoms with Crippen molar-refractivity contribution in [1.82, 2.24) is 25.5 Å². The molecule has 4 heterocycles. The zero-order chi connectivity index (χ0) is 23.2. The average Bonchev–Trinajstić information content (AvgIpc) is 3.27. The third-order valence-corrected chi connectivity index (χ3v) is 7.94. The van der Waals surface area contributed by atoms with Gasteiger partial charge in [0.05, 0.1) is 18.0 Å². The molecule has 33 heavy (non-hydrogen) atoms. The number of benzene rings is 1. The van der Waals surface area contributed by atoms with Gasteiger partial charge in [-0.25, -0.2) is 9.97 Å². The highest BCUT2D eigenvalue weighted by Gasteiger charge is 2.46. The molecule has 2 aromatic heterocycles. The molecule has 8 nitrogen and oxygen atoms in total. The van der Waals surface area contributed by atoms with Gasteiger partial charge in [0.1, 0.15) is 21.7 Å². The summed E-state index contributed by atoms with van der Waals surface area (Å²) in [7, 11) is 2.07. The first-order chi connectivity index (χ1) is 15.8. The highest BCUT2D eigenvalue weighted by Crippen LogP contribution is 2.42. The van der Waals surface area contributed by atoms with Crippen molar-refractivity contribution in [2.75, 3.05) is 11.9 Å². The van der Waals surface area contributed by atoms with Crippen molar-refractivity contribution in [3.63, 3.8) is 0 Å². The second kappa shape index (κ2) is 8.04. The number of hydrogen-bond donors (Lipinski definition) is 2. The van der Waals surface area contributed by atoms with Gasteiger partial charge in [-0.1, -0.05) is 6.07 Å². The summed E-state index contributed by atoms with van der Waals surface area (Å²) >= 11 is 1.28. The topological polar surface area (TPSA) is 111 Å². The molecule has 5 rings (SSSR count). The first-order valence-corrected chi connectivity index (χ1v) is 12.0. The molecule has 1 aromatic carbocycles. The molecule has 2 aliphatic rings. The SMILES string of the molecule is CN(c1cnc(-c2ccc(-c3ncc(C#N)s3)cc2O)nn1)[C@H]1C[C@]2(C)CCC[C@](C)(C1)N2. The van der Waals surface area contributed by atoms with Crippen LogP contribution in [-0.4, -0.2) is 49.4 Å². The molecule has 2 bridgehead atoms. The van der Waals surface area contributed by atoms with Crippen molar-refractivity contribution in [1.29, 1.82) is 5.26 Å². The number of nitrogens with zero attached hydrogens (tertiary/aromatic N) is 6. The molecule has 0 amide bonds. The summed E-state index contributed by atoms with van der Waals surface area (Å²) in [6, 6.07) is 7.67. The van der Waals surface area contributed by atoms with Crippen molar-refractivity contribution in [3.05, 3.63) is 35.5 Å². The summed E-state index contributed by atoms with van der Waals surface area (Å²) in [4.78, 5) is 11.5. The lowest BCUT2D eigenvalue weighted by Crippen LogP contribution is -2.66. The smallest absolute Gasteiger partial charge is 0.185 e. The van der Waals surface area contributed by atoms with Gasteiger partial charge in [0, 0.05) is 29.7 Å². The molecule has 0 radical (unpaired) electrons. The van der Waals surface area contributed by atoms with Crippen LogP contribution in [-0.2, 0) is 0 Å². The van der Waals surface area contributed by atoms with Crippen molar-refractivity contribution in [2.24, 2.45) is 0 Å².